The van der Waals surface area contributed by atoms with E-state index in [1.165, 1.54) is 7.11 Å². The number of piperidine rings is 1. The summed E-state index contributed by atoms with van der Waals surface area (Å²) in [5.41, 5.74) is 0.553. The predicted molar refractivity (Wildman–Crippen MR) is 90.0 cm³/mol. The van der Waals surface area contributed by atoms with Crippen molar-refractivity contribution in [1.82, 2.24) is 0 Å². The molecule has 5 nitrogen and oxygen atoms in total. The second-order valence-electron chi connectivity index (χ2n) is 5.79. The van der Waals surface area contributed by atoms with Crippen molar-refractivity contribution >= 4 is 40.8 Å². The van der Waals surface area contributed by atoms with Gasteiger partial charge in [-0.1, -0.05) is 23.2 Å². The highest BCUT2D eigenvalue weighted by atomic mass is 35.5. The number of rotatable bonds is 4. The average Bonchev–Trinajstić information content (AvgIpc) is 2.56. The van der Waals surface area contributed by atoms with Crippen LogP contribution < -0.4 is 10.2 Å². The summed E-state index contributed by atoms with van der Waals surface area (Å²) >= 11 is 11.9. The molecule has 0 bridgehead atoms. The van der Waals surface area contributed by atoms with Crippen LogP contribution in [-0.2, 0) is 14.3 Å². The molecule has 1 aliphatic heterocycles. The summed E-state index contributed by atoms with van der Waals surface area (Å²) in [6.45, 7) is 3.42. The maximum absolute atomic E-state index is 12.4. The number of hydrogen-bond donors (Lipinski definition) is 2. The highest BCUT2D eigenvalue weighted by Crippen LogP contribution is 2.25. The Morgan fingerprint density at radius 1 is 1.30 bits per heavy atom. The average molecular weight is 360 g/mol. The molecule has 2 N–H and O–H groups in total. The highest BCUT2D eigenvalue weighted by molar-refractivity contribution is 6.36. The number of hydrogen-bond acceptors (Lipinski definition) is 3. The first-order chi connectivity index (χ1) is 10.9. The Balaban J connectivity index is 1.92. The number of amides is 1. The van der Waals surface area contributed by atoms with Gasteiger partial charge in [-0.05, 0) is 25.1 Å². The molecule has 0 aromatic heterocycles. The van der Waals surface area contributed by atoms with Crippen molar-refractivity contribution in [3.63, 3.8) is 0 Å². The quantitative estimate of drug-likeness (QED) is 0.805. The highest BCUT2D eigenvalue weighted by Gasteiger charge is 2.33. The minimum Gasteiger partial charge on any atom is -0.469 e. The zero-order valence-corrected chi connectivity index (χ0v) is 14.7. The van der Waals surface area contributed by atoms with Crippen LogP contribution in [-0.4, -0.2) is 38.1 Å². The minimum absolute atomic E-state index is 0.0512. The topological polar surface area (TPSA) is 59.8 Å². The standard InChI is InChI=1S/C16H20Cl2N2O3/c1-10(20-7-5-11(6-8-20)16(22)23-2)15(21)19-14-4-3-12(17)9-13(14)18/h3-4,9-11H,5-8H2,1-2H3,(H,19,21)/p+1/t10-/m0/s1. The van der Waals surface area contributed by atoms with Crippen molar-refractivity contribution < 1.29 is 19.2 Å². The van der Waals surface area contributed by atoms with Gasteiger partial charge < -0.3 is 15.0 Å². The Bertz CT molecular complexity index is 587. The second kappa shape index (κ2) is 7.99. The molecule has 0 aliphatic carbocycles. The van der Waals surface area contributed by atoms with Crippen LogP contribution in [0.3, 0.4) is 0 Å². The van der Waals surface area contributed by atoms with Crippen LogP contribution in [0.4, 0.5) is 5.69 Å². The molecular weight excluding hydrogens is 339 g/mol. The molecular formula is C16H21Cl2N2O3+. The minimum atomic E-state index is -0.222. The largest absolute Gasteiger partial charge is 0.469 e. The molecule has 1 atom stereocenters. The van der Waals surface area contributed by atoms with E-state index < -0.39 is 0 Å². The van der Waals surface area contributed by atoms with Crippen molar-refractivity contribution in [3.05, 3.63) is 28.2 Å². The molecule has 7 heteroatoms. The fourth-order valence-corrected chi connectivity index (χ4v) is 3.30. The molecule has 1 amide bonds. The number of nitrogens with one attached hydrogen (secondary N) is 2. The van der Waals surface area contributed by atoms with Crippen molar-refractivity contribution in [2.75, 3.05) is 25.5 Å². The third-order valence-corrected chi connectivity index (χ3v) is 4.90. The van der Waals surface area contributed by atoms with Gasteiger partial charge in [0.15, 0.2) is 6.04 Å². The number of anilines is 1. The van der Waals surface area contributed by atoms with E-state index in [1.54, 1.807) is 18.2 Å². The third kappa shape index (κ3) is 4.59. The Morgan fingerprint density at radius 2 is 1.96 bits per heavy atom. The number of likely N-dealkylation sites (tertiary alicyclic amines) is 1. The van der Waals surface area contributed by atoms with Crippen LogP contribution in [0.15, 0.2) is 18.2 Å². The Labute approximate surface area is 145 Å². The van der Waals surface area contributed by atoms with Gasteiger partial charge >= 0.3 is 5.97 Å². The first-order valence-electron chi connectivity index (χ1n) is 7.60. The maximum Gasteiger partial charge on any atom is 0.309 e. The van der Waals surface area contributed by atoms with E-state index in [0.717, 1.165) is 30.8 Å². The van der Waals surface area contributed by atoms with Crippen LogP contribution in [0, 0.1) is 5.92 Å². The molecule has 1 fully saturated rings. The van der Waals surface area contributed by atoms with Crippen molar-refractivity contribution in [1.29, 1.82) is 0 Å². The van der Waals surface area contributed by atoms with Crippen molar-refractivity contribution in [2.45, 2.75) is 25.8 Å². The van der Waals surface area contributed by atoms with E-state index >= 15 is 0 Å². The fraction of sp³-hybridized carbons (Fsp3) is 0.500. The van der Waals surface area contributed by atoms with Gasteiger partial charge in [-0.25, -0.2) is 0 Å². The number of carbonyl (C=O) groups is 2. The van der Waals surface area contributed by atoms with Crippen LogP contribution in [0.1, 0.15) is 19.8 Å². The molecule has 0 unspecified atom stereocenters. The molecule has 1 saturated heterocycles. The summed E-state index contributed by atoms with van der Waals surface area (Å²) in [7, 11) is 1.41. The number of halogens is 2. The van der Waals surface area contributed by atoms with E-state index in [4.69, 9.17) is 27.9 Å². The molecule has 0 spiro atoms. The van der Waals surface area contributed by atoms with Gasteiger partial charge in [-0.2, -0.15) is 0 Å². The molecule has 1 aromatic rings. The smallest absolute Gasteiger partial charge is 0.309 e. The molecule has 1 aliphatic rings. The SMILES string of the molecule is COC(=O)C1CC[NH+]([C@@H](C)C(=O)Nc2ccc(Cl)cc2Cl)CC1. The van der Waals surface area contributed by atoms with Gasteiger partial charge in [0.25, 0.3) is 5.91 Å². The molecule has 1 aromatic carbocycles. The lowest BCUT2D eigenvalue weighted by molar-refractivity contribution is -0.919. The lowest BCUT2D eigenvalue weighted by Crippen LogP contribution is -3.17. The number of methoxy groups -OCH3 is 1. The van der Waals surface area contributed by atoms with Crippen LogP contribution in [0.2, 0.25) is 10.0 Å². The summed E-state index contributed by atoms with van der Waals surface area (Å²) in [4.78, 5) is 25.1. The maximum atomic E-state index is 12.4. The summed E-state index contributed by atoms with van der Waals surface area (Å²) in [5, 5.41) is 3.78. The van der Waals surface area contributed by atoms with Gasteiger partial charge in [0.2, 0.25) is 0 Å². The lowest BCUT2D eigenvalue weighted by Gasteiger charge is -2.31. The summed E-state index contributed by atoms with van der Waals surface area (Å²) in [5.74, 6) is -0.306. The Kier molecular flexibility index (Phi) is 6.27. The van der Waals surface area contributed by atoms with E-state index in [0.29, 0.717) is 15.7 Å². The van der Waals surface area contributed by atoms with Gasteiger partial charge in [0, 0.05) is 17.9 Å². The van der Waals surface area contributed by atoms with Crippen molar-refractivity contribution in [2.24, 2.45) is 5.92 Å². The first kappa shape index (κ1) is 18.0. The Hall–Kier alpha value is -1.30. The lowest BCUT2D eigenvalue weighted by atomic mass is 9.96. The monoisotopic (exact) mass is 359 g/mol. The van der Waals surface area contributed by atoms with Gasteiger partial charge in [0.1, 0.15) is 0 Å². The molecule has 0 radical (unpaired) electrons. The second-order valence-corrected chi connectivity index (χ2v) is 6.63. The molecule has 2 rings (SSSR count). The number of quaternary nitrogens is 1. The summed E-state index contributed by atoms with van der Waals surface area (Å²) in [6, 6.07) is 4.74. The molecule has 0 saturated carbocycles. The molecule has 126 valence electrons. The molecule has 23 heavy (non-hydrogen) atoms. The zero-order valence-electron chi connectivity index (χ0n) is 13.2. The van der Waals surface area contributed by atoms with E-state index in [2.05, 4.69) is 5.32 Å². The number of ether oxygens (including phenoxy) is 1. The fourth-order valence-electron chi connectivity index (χ4n) is 2.84. The summed E-state index contributed by atoms with van der Waals surface area (Å²) < 4.78 is 4.78. The van der Waals surface area contributed by atoms with Gasteiger partial charge in [-0.3, -0.25) is 9.59 Å². The van der Waals surface area contributed by atoms with E-state index in [-0.39, 0.29) is 23.8 Å². The summed E-state index contributed by atoms with van der Waals surface area (Å²) in [6.07, 6.45) is 1.47. The zero-order chi connectivity index (χ0) is 17.0. The number of esters is 1. The Morgan fingerprint density at radius 3 is 2.52 bits per heavy atom. The van der Waals surface area contributed by atoms with E-state index in [9.17, 15) is 9.59 Å². The van der Waals surface area contributed by atoms with Crippen LogP contribution in [0.25, 0.3) is 0 Å². The van der Waals surface area contributed by atoms with Gasteiger partial charge in [-0.15, -0.1) is 0 Å². The number of benzene rings is 1. The van der Waals surface area contributed by atoms with Crippen LogP contribution in [0.5, 0.6) is 0 Å². The first-order valence-corrected chi connectivity index (χ1v) is 8.36. The molecule has 1 heterocycles. The van der Waals surface area contributed by atoms with E-state index in [1.807, 2.05) is 6.92 Å². The normalized spacial score (nSPS) is 22.3. The number of carbonyl (C=O) groups excluding carboxylic acids is 2. The third-order valence-electron chi connectivity index (χ3n) is 4.36. The predicted octanol–water partition coefficient (Wildman–Crippen LogP) is 1.79. The van der Waals surface area contributed by atoms with Gasteiger partial charge in [0.05, 0.1) is 36.8 Å². The van der Waals surface area contributed by atoms with Crippen LogP contribution >= 0.6 is 23.2 Å². The van der Waals surface area contributed by atoms with Crippen molar-refractivity contribution in [3.8, 4) is 0 Å².